The van der Waals surface area contributed by atoms with Gasteiger partial charge in [0.15, 0.2) is 5.78 Å². The first-order valence-corrected chi connectivity index (χ1v) is 12.8. The zero-order chi connectivity index (χ0) is 25.1. The van der Waals surface area contributed by atoms with Crippen LogP contribution in [0.15, 0.2) is 121 Å². The third-order valence-corrected chi connectivity index (χ3v) is 8.04. The van der Waals surface area contributed by atoms with E-state index < -0.39 is 0 Å². The van der Waals surface area contributed by atoms with E-state index in [4.69, 9.17) is 0 Å². The van der Waals surface area contributed by atoms with Crippen molar-refractivity contribution in [3.8, 4) is 22.3 Å². The highest BCUT2D eigenvalue weighted by Gasteiger charge is 2.37. The lowest BCUT2D eigenvalue weighted by Crippen LogP contribution is -2.30. The zero-order valence-electron chi connectivity index (χ0n) is 21.0. The summed E-state index contributed by atoms with van der Waals surface area (Å²) in [6, 6.07) is 42.7. The third kappa shape index (κ3) is 3.42. The maximum atomic E-state index is 13.6. The second-order valence-electron chi connectivity index (χ2n) is 10.6. The topological polar surface area (TPSA) is 17.1 Å². The van der Waals surface area contributed by atoms with Crippen molar-refractivity contribution >= 4 is 27.3 Å². The van der Waals surface area contributed by atoms with Crippen LogP contribution < -0.4 is 0 Å². The van der Waals surface area contributed by atoms with Crippen LogP contribution in [0.5, 0.6) is 0 Å². The first-order chi connectivity index (χ1) is 18.0. The smallest absolute Gasteiger partial charge is 0.193 e. The normalized spacial score (nSPS) is 13.9. The van der Waals surface area contributed by atoms with Crippen molar-refractivity contribution in [2.24, 2.45) is 0 Å². The second-order valence-corrected chi connectivity index (χ2v) is 10.6. The molecule has 0 saturated carbocycles. The summed E-state index contributed by atoms with van der Waals surface area (Å²) in [6.07, 6.45) is 0. The Labute approximate surface area is 217 Å². The summed E-state index contributed by atoms with van der Waals surface area (Å²) in [5.74, 6) is 0.111. The van der Waals surface area contributed by atoms with Gasteiger partial charge in [-0.15, -0.1) is 0 Å². The van der Waals surface area contributed by atoms with Gasteiger partial charge in [-0.1, -0.05) is 111 Å². The van der Waals surface area contributed by atoms with E-state index in [1.807, 2.05) is 12.1 Å². The lowest BCUT2D eigenvalue weighted by molar-refractivity contribution is 0.103. The largest absolute Gasteiger partial charge is 0.289 e. The molecule has 6 aromatic carbocycles. The van der Waals surface area contributed by atoms with Gasteiger partial charge in [-0.3, -0.25) is 4.79 Å². The first kappa shape index (κ1) is 21.8. The van der Waals surface area contributed by atoms with E-state index in [0.717, 1.165) is 33.4 Å². The third-order valence-electron chi connectivity index (χ3n) is 8.04. The van der Waals surface area contributed by atoms with E-state index in [1.54, 1.807) is 0 Å². The average molecular weight is 475 g/mol. The Morgan fingerprint density at radius 2 is 0.811 bits per heavy atom. The fraction of sp³-hybridized carbons (Fsp3) is 0.0833. The Morgan fingerprint density at radius 1 is 0.432 bits per heavy atom. The summed E-state index contributed by atoms with van der Waals surface area (Å²) in [4.78, 5) is 13.6. The van der Waals surface area contributed by atoms with Gasteiger partial charge < -0.3 is 0 Å². The molecule has 0 radical (unpaired) electrons. The molecule has 0 spiro atoms. The van der Waals surface area contributed by atoms with Crippen molar-refractivity contribution in [2.45, 2.75) is 19.3 Å². The molecule has 0 amide bonds. The summed E-state index contributed by atoms with van der Waals surface area (Å²) >= 11 is 0. The minimum Gasteiger partial charge on any atom is -0.289 e. The van der Waals surface area contributed by atoms with Crippen LogP contribution in [0.2, 0.25) is 0 Å². The van der Waals surface area contributed by atoms with E-state index >= 15 is 0 Å². The number of rotatable bonds is 2. The monoisotopic (exact) mass is 474 g/mol. The Hall–Kier alpha value is -4.49. The number of carbonyl (C=O) groups is 1. The molecule has 1 aliphatic carbocycles. The Balaban J connectivity index is 1.35. The van der Waals surface area contributed by atoms with Crippen LogP contribution in [0.3, 0.4) is 0 Å². The van der Waals surface area contributed by atoms with Gasteiger partial charge in [-0.05, 0) is 79.2 Å². The Kier molecular flexibility index (Phi) is 4.71. The fourth-order valence-electron chi connectivity index (χ4n) is 5.91. The van der Waals surface area contributed by atoms with Gasteiger partial charge in [0.05, 0.1) is 0 Å². The molecule has 0 saturated heterocycles. The molecule has 1 aliphatic rings. The maximum Gasteiger partial charge on any atom is 0.193 e. The number of fused-ring (bicyclic) bond motifs is 4. The minimum absolute atomic E-state index is 0.111. The molecule has 0 aliphatic heterocycles. The zero-order valence-corrected chi connectivity index (χ0v) is 21.0. The summed E-state index contributed by atoms with van der Waals surface area (Å²) in [5.41, 5.74) is 8.09. The first-order valence-electron chi connectivity index (χ1n) is 12.8. The highest BCUT2D eigenvalue weighted by atomic mass is 16.1. The summed E-state index contributed by atoms with van der Waals surface area (Å²) in [6.45, 7) is 4.48. The predicted molar refractivity (Wildman–Crippen MR) is 154 cm³/mol. The second kappa shape index (κ2) is 8.01. The van der Waals surface area contributed by atoms with E-state index in [2.05, 4.69) is 123 Å². The molecule has 0 atom stereocenters. The lowest BCUT2D eigenvalue weighted by Gasteiger charge is -2.35. The van der Waals surface area contributed by atoms with Gasteiger partial charge in [-0.25, -0.2) is 0 Å². The van der Waals surface area contributed by atoms with Crippen molar-refractivity contribution in [2.75, 3.05) is 0 Å². The standard InChI is InChI=1S/C36H26O/c1-36(2)33-21-29(27-13-11-23-7-3-5-9-25(23)19-27)15-17-31(33)35(37)32-18-16-30(22-34(32)36)28-14-12-24-8-4-6-10-26(24)20-28/h3-22H,1-2H3. The fourth-order valence-corrected chi connectivity index (χ4v) is 5.91. The molecular weight excluding hydrogens is 448 g/mol. The molecule has 176 valence electrons. The molecule has 0 heterocycles. The molecular formula is C36H26O. The van der Waals surface area contributed by atoms with Gasteiger partial charge in [0.1, 0.15) is 0 Å². The SMILES string of the molecule is CC1(C)c2cc(-c3ccc4ccccc4c3)ccc2C(=O)c2ccc(-c3ccc4ccccc4c3)cc21. The molecule has 37 heavy (non-hydrogen) atoms. The highest BCUT2D eigenvalue weighted by Crippen LogP contribution is 2.44. The molecule has 1 nitrogen and oxygen atoms in total. The van der Waals surface area contributed by atoms with E-state index in [1.165, 1.54) is 32.7 Å². The number of hydrogen-bond acceptors (Lipinski definition) is 1. The molecule has 6 aromatic rings. The highest BCUT2D eigenvalue weighted by molar-refractivity contribution is 6.13. The van der Waals surface area contributed by atoms with Crippen molar-refractivity contribution in [1.29, 1.82) is 0 Å². The molecule has 7 rings (SSSR count). The lowest BCUT2D eigenvalue weighted by atomic mass is 9.67. The van der Waals surface area contributed by atoms with Crippen LogP contribution in [0.25, 0.3) is 43.8 Å². The van der Waals surface area contributed by atoms with Crippen LogP contribution in [0.1, 0.15) is 40.9 Å². The molecule has 0 aromatic heterocycles. The molecule has 0 bridgehead atoms. The van der Waals surface area contributed by atoms with Crippen molar-refractivity contribution in [3.05, 3.63) is 144 Å². The van der Waals surface area contributed by atoms with Crippen molar-refractivity contribution in [3.63, 3.8) is 0 Å². The number of hydrogen-bond donors (Lipinski definition) is 0. The molecule has 0 N–H and O–H groups in total. The number of carbonyl (C=O) groups excluding carboxylic acids is 1. The van der Waals surface area contributed by atoms with Gasteiger partial charge in [-0.2, -0.15) is 0 Å². The average Bonchev–Trinajstić information content (AvgIpc) is 2.95. The van der Waals surface area contributed by atoms with E-state index in [9.17, 15) is 4.79 Å². The van der Waals surface area contributed by atoms with Crippen LogP contribution in [0.4, 0.5) is 0 Å². The number of ketones is 1. The quantitative estimate of drug-likeness (QED) is 0.244. The van der Waals surface area contributed by atoms with Crippen LogP contribution in [-0.4, -0.2) is 5.78 Å². The van der Waals surface area contributed by atoms with Gasteiger partial charge >= 0.3 is 0 Å². The van der Waals surface area contributed by atoms with E-state index in [0.29, 0.717) is 0 Å². The van der Waals surface area contributed by atoms with Crippen LogP contribution >= 0.6 is 0 Å². The van der Waals surface area contributed by atoms with Gasteiger partial charge in [0.25, 0.3) is 0 Å². The van der Waals surface area contributed by atoms with Crippen LogP contribution in [0, 0.1) is 0 Å². The van der Waals surface area contributed by atoms with Gasteiger partial charge in [0.2, 0.25) is 0 Å². The van der Waals surface area contributed by atoms with E-state index in [-0.39, 0.29) is 11.2 Å². The van der Waals surface area contributed by atoms with Gasteiger partial charge in [0, 0.05) is 16.5 Å². The number of benzene rings is 6. The molecule has 0 unspecified atom stereocenters. The van der Waals surface area contributed by atoms with Crippen molar-refractivity contribution < 1.29 is 4.79 Å². The summed E-state index contributed by atoms with van der Waals surface area (Å²) < 4.78 is 0. The van der Waals surface area contributed by atoms with Crippen LogP contribution in [-0.2, 0) is 5.41 Å². The molecule has 0 fully saturated rings. The van der Waals surface area contributed by atoms with Crippen molar-refractivity contribution in [1.82, 2.24) is 0 Å². The Bertz CT molecular complexity index is 1740. The maximum absolute atomic E-state index is 13.6. The summed E-state index contributed by atoms with van der Waals surface area (Å²) in [7, 11) is 0. The summed E-state index contributed by atoms with van der Waals surface area (Å²) in [5, 5.41) is 4.90. The Morgan fingerprint density at radius 3 is 1.27 bits per heavy atom. The predicted octanol–water partition coefficient (Wildman–Crippen LogP) is 9.20. The molecule has 1 heteroatoms. The minimum atomic E-state index is -0.307.